The summed E-state index contributed by atoms with van der Waals surface area (Å²) >= 11 is 5.28. The lowest BCUT2D eigenvalue weighted by Gasteiger charge is -2.35. The molecule has 4 heteroatoms. The van der Waals surface area contributed by atoms with Gasteiger partial charge in [-0.25, -0.2) is 0 Å². The van der Waals surface area contributed by atoms with Gasteiger partial charge in [-0.15, -0.1) is 11.3 Å². The van der Waals surface area contributed by atoms with E-state index >= 15 is 0 Å². The lowest BCUT2D eigenvalue weighted by atomic mass is 10.1. The molecule has 1 N–H and O–H groups in total. The minimum absolute atomic E-state index is 0.607. The van der Waals surface area contributed by atoms with Crippen LogP contribution in [0.1, 0.15) is 19.4 Å². The molecule has 84 valence electrons. The first kappa shape index (κ1) is 11.6. The van der Waals surface area contributed by atoms with Gasteiger partial charge >= 0.3 is 0 Å². The predicted molar refractivity (Wildman–Crippen MR) is 69.4 cm³/mol. The predicted octanol–water partition coefficient (Wildman–Crippen LogP) is 2.69. The average molecular weight is 289 g/mol. The summed E-state index contributed by atoms with van der Waals surface area (Å²) in [7, 11) is 0. The standard InChI is InChI=1S/C11H17BrN2S/c1-8-4-14(5-9(2)13-8)6-10-3-11(12)15-7-10/h3,7-9,13H,4-6H2,1-2H3. The van der Waals surface area contributed by atoms with Crippen molar-refractivity contribution in [1.82, 2.24) is 10.2 Å². The van der Waals surface area contributed by atoms with Crippen LogP contribution in [0.2, 0.25) is 0 Å². The Labute approximate surface area is 104 Å². The molecule has 0 radical (unpaired) electrons. The van der Waals surface area contributed by atoms with E-state index in [1.54, 1.807) is 11.3 Å². The van der Waals surface area contributed by atoms with E-state index < -0.39 is 0 Å². The van der Waals surface area contributed by atoms with Gasteiger partial charge in [-0.1, -0.05) is 0 Å². The summed E-state index contributed by atoms with van der Waals surface area (Å²) in [6, 6.07) is 3.44. The quantitative estimate of drug-likeness (QED) is 0.900. The minimum atomic E-state index is 0.607. The van der Waals surface area contributed by atoms with Gasteiger partial charge in [-0.2, -0.15) is 0 Å². The van der Waals surface area contributed by atoms with E-state index in [4.69, 9.17) is 0 Å². The lowest BCUT2D eigenvalue weighted by molar-refractivity contribution is 0.167. The van der Waals surface area contributed by atoms with Crippen LogP contribution in [0.5, 0.6) is 0 Å². The highest BCUT2D eigenvalue weighted by molar-refractivity contribution is 9.11. The highest BCUT2D eigenvalue weighted by atomic mass is 79.9. The molecule has 2 rings (SSSR count). The molecular formula is C11H17BrN2S. The first-order chi connectivity index (χ1) is 7.13. The summed E-state index contributed by atoms with van der Waals surface area (Å²) in [5.41, 5.74) is 1.42. The van der Waals surface area contributed by atoms with Gasteiger partial charge in [-0.3, -0.25) is 4.90 Å². The summed E-state index contributed by atoms with van der Waals surface area (Å²) in [5.74, 6) is 0. The number of thiophene rings is 1. The van der Waals surface area contributed by atoms with E-state index in [0.29, 0.717) is 12.1 Å². The number of nitrogens with zero attached hydrogens (tertiary/aromatic N) is 1. The molecule has 1 fully saturated rings. The third kappa shape index (κ3) is 3.28. The first-order valence-corrected chi connectivity index (χ1v) is 7.02. The van der Waals surface area contributed by atoms with E-state index in [-0.39, 0.29) is 0 Å². The smallest absolute Gasteiger partial charge is 0.0701 e. The van der Waals surface area contributed by atoms with Crippen molar-refractivity contribution in [2.24, 2.45) is 0 Å². The summed E-state index contributed by atoms with van der Waals surface area (Å²) in [6.07, 6.45) is 0. The zero-order chi connectivity index (χ0) is 10.8. The van der Waals surface area contributed by atoms with Crippen LogP contribution >= 0.6 is 27.3 Å². The monoisotopic (exact) mass is 288 g/mol. The number of rotatable bonds is 2. The van der Waals surface area contributed by atoms with Crippen LogP contribution in [0.3, 0.4) is 0 Å². The second-order valence-corrected chi connectivity index (χ2v) is 6.71. The Morgan fingerprint density at radius 2 is 2.13 bits per heavy atom. The Morgan fingerprint density at radius 3 is 2.67 bits per heavy atom. The van der Waals surface area contributed by atoms with Gasteiger partial charge in [0.15, 0.2) is 0 Å². The van der Waals surface area contributed by atoms with Crippen molar-refractivity contribution in [3.63, 3.8) is 0 Å². The number of halogens is 1. The average Bonchev–Trinajstić information content (AvgIpc) is 2.49. The van der Waals surface area contributed by atoms with E-state index in [2.05, 4.69) is 51.4 Å². The molecule has 0 amide bonds. The van der Waals surface area contributed by atoms with Crippen LogP contribution in [0, 0.1) is 0 Å². The van der Waals surface area contributed by atoms with Gasteiger partial charge in [0.2, 0.25) is 0 Å². The molecule has 0 spiro atoms. The van der Waals surface area contributed by atoms with Crippen molar-refractivity contribution in [2.75, 3.05) is 13.1 Å². The van der Waals surface area contributed by atoms with E-state index in [1.807, 2.05) is 0 Å². The third-order valence-corrected chi connectivity index (χ3v) is 4.21. The molecule has 1 aromatic heterocycles. The van der Waals surface area contributed by atoms with Crippen LogP contribution in [-0.2, 0) is 6.54 Å². The maximum absolute atomic E-state index is 3.55. The Bertz CT molecular complexity index is 316. The van der Waals surface area contributed by atoms with Crippen LogP contribution in [0.4, 0.5) is 0 Å². The van der Waals surface area contributed by atoms with Crippen molar-refractivity contribution >= 4 is 27.3 Å². The van der Waals surface area contributed by atoms with Gasteiger partial charge in [0.05, 0.1) is 3.79 Å². The summed E-state index contributed by atoms with van der Waals surface area (Å²) in [6.45, 7) is 7.90. The van der Waals surface area contributed by atoms with Crippen LogP contribution in [-0.4, -0.2) is 30.1 Å². The van der Waals surface area contributed by atoms with E-state index in [1.165, 1.54) is 9.35 Å². The van der Waals surface area contributed by atoms with E-state index in [0.717, 1.165) is 19.6 Å². The Balaban J connectivity index is 1.94. The zero-order valence-electron chi connectivity index (χ0n) is 9.16. The molecule has 2 heterocycles. The molecule has 2 atom stereocenters. The van der Waals surface area contributed by atoms with Crippen LogP contribution < -0.4 is 5.32 Å². The second-order valence-electron chi connectivity index (χ2n) is 4.42. The molecule has 1 aliphatic rings. The first-order valence-electron chi connectivity index (χ1n) is 5.35. The third-order valence-electron chi connectivity index (χ3n) is 2.66. The molecular weight excluding hydrogens is 272 g/mol. The van der Waals surface area contributed by atoms with Crippen molar-refractivity contribution in [1.29, 1.82) is 0 Å². The van der Waals surface area contributed by atoms with Gasteiger partial charge in [0.25, 0.3) is 0 Å². The lowest BCUT2D eigenvalue weighted by Crippen LogP contribution is -2.53. The Kier molecular flexibility index (Phi) is 3.83. The second kappa shape index (κ2) is 4.95. The molecule has 1 aromatic rings. The minimum Gasteiger partial charge on any atom is -0.309 e. The fourth-order valence-electron chi connectivity index (χ4n) is 2.26. The molecule has 2 unspecified atom stereocenters. The highest BCUT2D eigenvalue weighted by Crippen LogP contribution is 2.22. The summed E-state index contributed by atoms with van der Waals surface area (Å²) in [5, 5.41) is 5.79. The highest BCUT2D eigenvalue weighted by Gasteiger charge is 2.20. The maximum atomic E-state index is 3.55. The molecule has 0 bridgehead atoms. The molecule has 1 saturated heterocycles. The molecule has 2 nitrogen and oxygen atoms in total. The van der Waals surface area contributed by atoms with Gasteiger partial charge < -0.3 is 5.32 Å². The molecule has 15 heavy (non-hydrogen) atoms. The number of hydrogen-bond donors (Lipinski definition) is 1. The van der Waals surface area contributed by atoms with Gasteiger partial charge in [0, 0.05) is 31.7 Å². The SMILES string of the molecule is CC1CN(Cc2csc(Br)c2)CC(C)N1. The largest absolute Gasteiger partial charge is 0.309 e. The fraction of sp³-hybridized carbons (Fsp3) is 0.636. The normalized spacial score (nSPS) is 28.2. The van der Waals surface area contributed by atoms with Crippen molar-refractivity contribution in [3.05, 3.63) is 20.8 Å². The Hall–Kier alpha value is 0.1000. The summed E-state index contributed by atoms with van der Waals surface area (Å²) in [4.78, 5) is 2.53. The maximum Gasteiger partial charge on any atom is 0.0701 e. The fourth-order valence-corrected chi connectivity index (χ4v) is 3.46. The van der Waals surface area contributed by atoms with Crippen LogP contribution in [0.15, 0.2) is 15.2 Å². The van der Waals surface area contributed by atoms with Crippen LogP contribution in [0.25, 0.3) is 0 Å². The van der Waals surface area contributed by atoms with Crippen molar-refractivity contribution in [3.8, 4) is 0 Å². The number of piperazine rings is 1. The molecule has 0 aromatic carbocycles. The topological polar surface area (TPSA) is 15.3 Å². The Morgan fingerprint density at radius 1 is 1.47 bits per heavy atom. The molecule has 0 saturated carbocycles. The molecule has 0 aliphatic carbocycles. The molecule has 1 aliphatic heterocycles. The van der Waals surface area contributed by atoms with Gasteiger partial charge in [-0.05, 0) is 46.8 Å². The zero-order valence-corrected chi connectivity index (χ0v) is 11.6. The number of hydrogen-bond acceptors (Lipinski definition) is 3. The van der Waals surface area contributed by atoms with Crippen molar-refractivity contribution < 1.29 is 0 Å². The summed E-state index contributed by atoms with van der Waals surface area (Å²) < 4.78 is 1.23. The van der Waals surface area contributed by atoms with Crippen molar-refractivity contribution in [2.45, 2.75) is 32.5 Å². The van der Waals surface area contributed by atoms with E-state index in [9.17, 15) is 0 Å². The van der Waals surface area contributed by atoms with Gasteiger partial charge in [0.1, 0.15) is 0 Å². The number of nitrogens with one attached hydrogen (secondary N) is 1.